The molecule has 0 atom stereocenters. The van der Waals surface area contributed by atoms with Gasteiger partial charge in [0.25, 0.3) is 0 Å². The first kappa shape index (κ1) is 13.4. The summed E-state index contributed by atoms with van der Waals surface area (Å²) in [6.07, 6.45) is 0.673. The Hall–Kier alpha value is -1.99. The van der Waals surface area contributed by atoms with Crippen molar-refractivity contribution < 1.29 is 4.74 Å². The maximum atomic E-state index is 9.10. The highest BCUT2D eigenvalue weighted by molar-refractivity contribution is 6.31. The van der Waals surface area contributed by atoms with Crippen LogP contribution in [0.5, 0.6) is 5.75 Å². The van der Waals surface area contributed by atoms with Gasteiger partial charge < -0.3 is 4.74 Å². The Kier molecular flexibility index (Phi) is 4.08. The van der Waals surface area contributed by atoms with Gasteiger partial charge in [-0.2, -0.15) is 10.4 Å². The zero-order valence-electron chi connectivity index (χ0n) is 10.9. The monoisotopic (exact) mass is 275 g/mol. The molecule has 0 N–H and O–H groups in total. The molecular formula is C14H14ClN3O. The highest BCUT2D eigenvalue weighted by Crippen LogP contribution is 2.24. The molecule has 98 valence electrons. The van der Waals surface area contributed by atoms with E-state index in [1.165, 1.54) is 0 Å². The average molecular weight is 276 g/mol. The Morgan fingerprint density at radius 2 is 2.00 bits per heavy atom. The summed E-state index contributed by atoms with van der Waals surface area (Å²) in [6.45, 7) is 4.51. The molecule has 2 rings (SSSR count). The molecule has 0 saturated heterocycles. The minimum absolute atomic E-state index is 0.350. The molecule has 1 aromatic carbocycles. The van der Waals surface area contributed by atoms with Crippen LogP contribution in [0.15, 0.2) is 24.3 Å². The molecule has 5 heteroatoms. The quantitative estimate of drug-likeness (QED) is 0.860. The van der Waals surface area contributed by atoms with E-state index < -0.39 is 0 Å². The molecule has 2 aromatic rings. The molecule has 0 radical (unpaired) electrons. The van der Waals surface area contributed by atoms with Crippen LogP contribution in [-0.2, 0) is 6.42 Å². The number of nitrogens with zero attached hydrogens (tertiary/aromatic N) is 3. The number of hydrogen-bond donors (Lipinski definition) is 0. The molecule has 0 aliphatic carbocycles. The van der Waals surface area contributed by atoms with Crippen LogP contribution in [0.3, 0.4) is 0 Å². The van der Waals surface area contributed by atoms with Crippen LogP contribution in [0.25, 0.3) is 5.69 Å². The van der Waals surface area contributed by atoms with Crippen LogP contribution in [0.2, 0.25) is 5.15 Å². The number of ether oxygens (including phenoxy) is 1. The first-order valence-electron chi connectivity index (χ1n) is 6.12. The van der Waals surface area contributed by atoms with Gasteiger partial charge in [0.15, 0.2) is 5.15 Å². The second-order valence-electron chi connectivity index (χ2n) is 3.92. The minimum Gasteiger partial charge on any atom is -0.494 e. The van der Waals surface area contributed by atoms with E-state index in [9.17, 15) is 0 Å². The third kappa shape index (κ3) is 2.56. The molecule has 0 spiro atoms. The fourth-order valence-corrected chi connectivity index (χ4v) is 2.11. The van der Waals surface area contributed by atoms with Gasteiger partial charge >= 0.3 is 0 Å². The normalized spacial score (nSPS) is 10.2. The predicted molar refractivity (Wildman–Crippen MR) is 73.8 cm³/mol. The lowest BCUT2D eigenvalue weighted by atomic mass is 10.2. The molecule has 0 fully saturated rings. The van der Waals surface area contributed by atoms with Crippen LogP contribution in [0, 0.1) is 11.3 Å². The fourth-order valence-electron chi connectivity index (χ4n) is 1.82. The fraction of sp³-hybridized carbons (Fsp3) is 0.286. The first-order valence-corrected chi connectivity index (χ1v) is 6.49. The van der Waals surface area contributed by atoms with Crippen LogP contribution < -0.4 is 4.74 Å². The summed E-state index contributed by atoms with van der Waals surface area (Å²) < 4.78 is 6.96. The summed E-state index contributed by atoms with van der Waals surface area (Å²) in [7, 11) is 0. The molecule has 0 unspecified atom stereocenters. The lowest BCUT2D eigenvalue weighted by Crippen LogP contribution is -1.98. The number of benzene rings is 1. The van der Waals surface area contributed by atoms with Gasteiger partial charge in [-0.15, -0.1) is 0 Å². The third-order valence-electron chi connectivity index (χ3n) is 2.74. The van der Waals surface area contributed by atoms with Crippen molar-refractivity contribution in [3.8, 4) is 17.5 Å². The van der Waals surface area contributed by atoms with Crippen molar-refractivity contribution >= 4 is 11.6 Å². The average Bonchev–Trinajstić information content (AvgIpc) is 2.76. The molecule has 0 aliphatic rings. The van der Waals surface area contributed by atoms with Gasteiger partial charge in [0.05, 0.1) is 18.0 Å². The summed E-state index contributed by atoms with van der Waals surface area (Å²) in [5, 5.41) is 13.8. The zero-order valence-corrected chi connectivity index (χ0v) is 11.6. The van der Waals surface area contributed by atoms with Crippen LogP contribution in [0.4, 0.5) is 0 Å². The largest absolute Gasteiger partial charge is 0.494 e. The molecule has 0 amide bonds. The summed E-state index contributed by atoms with van der Waals surface area (Å²) in [6, 6.07) is 9.54. The first-order chi connectivity index (χ1) is 9.21. The van der Waals surface area contributed by atoms with Crippen LogP contribution in [0.1, 0.15) is 25.1 Å². The van der Waals surface area contributed by atoms with E-state index >= 15 is 0 Å². The number of hydrogen-bond acceptors (Lipinski definition) is 3. The van der Waals surface area contributed by atoms with Gasteiger partial charge in [-0.25, -0.2) is 4.68 Å². The van der Waals surface area contributed by atoms with Crippen molar-refractivity contribution in [3.05, 3.63) is 40.7 Å². The zero-order chi connectivity index (χ0) is 13.8. The topological polar surface area (TPSA) is 50.8 Å². The summed E-state index contributed by atoms with van der Waals surface area (Å²) in [5.41, 5.74) is 1.96. The molecule has 1 heterocycles. The Balaban J connectivity index is 2.42. The van der Waals surface area contributed by atoms with Gasteiger partial charge in [0, 0.05) is 0 Å². The van der Waals surface area contributed by atoms with Crippen LogP contribution in [-0.4, -0.2) is 16.4 Å². The van der Waals surface area contributed by atoms with Gasteiger partial charge in [-0.05, 0) is 37.6 Å². The van der Waals surface area contributed by atoms with E-state index in [2.05, 4.69) is 11.2 Å². The van der Waals surface area contributed by atoms with E-state index in [1.807, 2.05) is 38.1 Å². The number of nitriles is 1. The van der Waals surface area contributed by atoms with Crippen molar-refractivity contribution in [1.29, 1.82) is 5.26 Å². The summed E-state index contributed by atoms with van der Waals surface area (Å²) >= 11 is 6.19. The Morgan fingerprint density at radius 3 is 2.47 bits per heavy atom. The number of aromatic nitrogens is 2. The number of rotatable bonds is 4. The van der Waals surface area contributed by atoms with E-state index in [-0.39, 0.29) is 0 Å². The standard InChI is InChI=1S/C14H14ClN3O/c1-3-13-12(9-16)14(15)18(17-13)10-5-7-11(8-6-10)19-4-2/h5-8H,3-4H2,1-2H3. The summed E-state index contributed by atoms with van der Waals surface area (Å²) in [5.74, 6) is 0.797. The van der Waals surface area contributed by atoms with Crippen molar-refractivity contribution in [2.75, 3.05) is 6.61 Å². The van der Waals surface area contributed by atoms with E-state index in [4.69, 9.17) is 21.6 Å². The number of halogens is 1. The maximum absolute atomic E-state index is 9.10. The second kappa shape index (κ2) is 5.77. The third-order valence-corrected chi connectivity index (χ3v) is 3.09. The van der Waals surface area contributed by atoms with Gasteiger partial charge in [-0.3, -0.25) is 0 Å². The molecule has 0 aliphatic heterocycles. The van der Waals surface area contributed by atoms with Crippen molar-refractivity contribution in [3.63, 3.8) is 0 Å². The highest BCUT2D eigenvalue weighted by Gasteiger charge is 2.15. The minimum atomic E-state index is 0.350. The molecule has 0 bridgehead atoms. The van der Waals surface area contributed by atoms with Crippen LogP contribution >= 0.6 is 11.6 Å². The van der Waals surface area contributed by atoms with Gasteiger partial charge in [0.2, 0.25) is 0 Å². The smallest absolute Gasteiger partial charge is 0.150 e. The Bertz CT molecular complexity index is 611. The molecular weight excluding hydrogens is 262 g/mol. The highest BCUT2D eigenvalue weighted by atomic mass is 35.5. The lowest BCUT2D eigenvalue weighted by molar-refractivity contribution is 0.340. The second-order valence-corrected chi connectivity index (χ2v) is 4.27. The van der Waals surface area contributed by atoms with E-state index in [0.717, 1.165) is 11.4 Å². The SMILES string of the molecule is CCOc1ccc(-n2nc(CC)c(C#N)c2Cl)cc1. The molecule has 19 heavy (non-hydrogen) atoms. The van der Waals surface area contributed by atoms with E-state index in [0.29, 0.717) is 29.4 Å². The molecule has 1 aromatic heterocycles. The lowest BCUT2D eigenvalue weighted by Gasteiger charge is -2.05. The van der Waals surface area contributed by atoms with Crippen molar-refractivity contribution in [1.82, 2.24) is 9.78 Å². The maximum Gasteiger partial charge on any atom is 0.150 e. The van der Waals surface area contributed by atoms with Crippen molar-refractivity contribution in [2.24, 2.45) is 0 Å². The number of aryl methyl sites for hydroxylation is 1. The van der Waals surface area contributed by atoms with Gasteiger partial charge in [0.1, 0.15) is 17.4 Å². The van der Waals surface area contributed by atoms with Gasteiger partial charge in [-0.1, -0.05) is 18.5 Å². The molecule has 4 nitrogen and oxygen atoms in total. The predicted octanol–water partition coefficient (Wildman–Crippen LogP) is 3.36. The summed E-state index contributed by atoms with van der Waals surface area (Å²) in [4.78, 5) is 0. The van der Waals surface area contributed by atoms with Crippen molar-refractivity contribution in [2.45, 2.75) is 20.3 Å². The Morgan fingerprint density at radius 1 is 1.32 bits per heavy atom. The molecule has 0 saturated carbocycles. The van der Waals surface area contributed by atoms with E-state index in [1.54, 1.807) is 4.68 Å². The Labute approximate surface area is 117 Å².